The van der Waals surface area contributed by atoms with Crippen molar-refractivity contribution < 1.29 is 19.4 Å². The Hall–Kier alpha value is -1.26. The molecule has 1 atom stereocenters. The first-order valence-electron chi connectivity index (χ1n) is 6.43. The average molecular weight is 259 g/mol. The Balaban J connectivity index is 3.80. The van der Waals surface area contributed by atoms with Gasteiger partial charge in [-0.15, -0.1) is 0 Å². The van der Waals surface area contributed by atoms with Gasteiger partial charge in [0.15, 0.2) is 0 Å². The van der Waals surface area contributed by atoms with Crippen LogP contribution in [0.3, 0.4) is 0 Å². The van der Waals surface area contributed by atoms with Crippen LogP contribution in [-0.2, 0) is 9.53 Å². The van der Waals surface area contributed by atoms with E-state index in [2.05, 4.69) is 5.32 Å². The number of amides is 1. The summed E-state index contributed by atoms with van der Waals surface area (Å²) in [6.45, 7) is 7.99. The van der Waals surface area contributed by atoms with Gasteiger partial charge in [-0.3, -0.25) is 4.79 Å². The lowest BCUT2D eigenvalue weighted by atomic mass is 9.97. The number of hydrogen-bond donors (Lipinski definition) is 2. The highest BCUT2D eigenvalue weighted by Crippen LogP contribution is 2.14. The minimum absolute atomic E-state index is 0.185. The molecule has 0 rings (SSSR count). The number of carbonyl (C=O) groups excluding carboxylic acids is 1. The largest absolute Gasteiger partial charge is 0.481 e. The molecule has 106 valence electrons. The molecule has 0 aromatic heterocycles. The number of carboxylic acid groups (broad SMARTS) is 1. The Morgan fingerprint density at radius 3 is 2.33 bits per heavy atom. The van der Waals surface area contributed by atoms with Crippen LogP contribution in [0, 0.1) is 5.92 Å². The molecule has 0 saturated carbocycles. The highest BCUT2D eigenvalue weighted by atomic mass is 16.6. The van der Waals surface area contributed by atoms with Crippen LogP contribution in [0.1, 0.15) is 53.4 Å². The topological polar surface area (TPSA) is 75.6 Å². The van der Waals surface area contributed by atoms with E-state index < -0.39 is 17.7 Å². The summed E-state index contributed by atoms with van der Waals surface area (Å²) in [7, 11) is 0. The Morgan fingerprint density at radius 2 is 1.89 bits per heavy atom. The summed E-state index contributed by atoms with van der Waals surface area (Å²) in [4.78, 5) is 21.8. The van der Waals surface area contributed by atoms with Crippen LogP contribution < -0.4 is 5.32 Å². The van der Waals surface area contributed by atoms with Gasteiger partial charge in [-0.25, -0.2) is 4.79 Å². The van der Waals surface area contributed by atoms with Crippen molar-refractivity contribution in [3.05, 3.63) is 0 Å². The van der Waals surface area contributed by atoms with Gasteiger partial charge in [0.2, 0.25) is 0 Å². The maximum absolute atomic E-state index is 11.4. The summed E-state index contributed by atoms with van der Waals surface area (Å²) in [5, 5.41) is 11.3. The zero-order valence-electron chi connectivity index (χ0n) is 11.8. The highest BCUT2D eigenvalue weighted by Gasteiger charge is 2.16. The molecule has 5 nitrogen and oxygen atoms in total. The molecule has 1 amide bonds. The molecule has 2 N–H and O–H groups in total. The number of hydrogen-bond acceptors (Lipinski definition) is 3. The number of ether oxygens (including phenoxy) is 1. The van der Waals surface area contributed by atoms with Crippen LogP contribution in [0.15, 0.2) is 0 Å². The minimum Gasteiger partial charge on any atom is -0.481 e. The van der Waals surface area contributed by atoms with Gasteiger partial charge in [-0.05, 0) is 39.5 Å². The molecule has 0 spiro atoms. The summed E-state index contributed by atoms with van der Waals surface area (Å²) in [5.74, 6) is -0.440. The van der Waals surface area contributed by atoms with E-state index in [-0.39, 0.29) is 6.42 Å². The quantitative estimate of drug-likeness (QED) is 0.737. The molecule has 0 radical (unpaired) electrons. The fourth-order valence-electron chi connectivity index (χ4n) is 1.57. The number of carbonyl (C=O) groups is 2. The Morgan fingerprint density at radius 1 is 1.28 bits per heavy atom. The monoisotopic (exact) mass is 259 g/mol. The summed E-state index contributed by atoms with van der Waals surface area (Å²) in [6, 6.07) is 0. The number of nitrogens with one attached hydrogen (secondary N) is 1. The molecule has 0 saturated heterocycles. The Kier molecular flexibility index (Phi) is 7.39. The van der Waals surface area contributed by atoms with Gasteiger partial charge in [0.1, 0.15) is 5.60 Å². The zero-order chi connectivity index (χ0) is 14.2. The normalized spacial score (nSPS) is 12.9. The number of rotatable bonds is 7. The molecule has 0 aliphatic rings. The van der Waals surface area contributed by atoms with Crippen LogP contribution in [0.2, 0.25) is 0 Å². The number of alkyl carbamates (subject to hydrolysis) is 1. The summed E-state index contributed by atoms with van der Waals surface area (Å²) < 4.78 is 5.11. The van der Waals surface area contributed by atoms with Crippen molar-refractivity contribution in [2.75, 3.05) is 6.54 Å². The standard InChI is InChI=1S/C13H25NO4/c1-5-10(6-7-11(15)16)8-9-14-12(17)18-13(2,3)4/h10H,5-9H2,1-4H3,(H,14,17)(H,15,16). The summed E-state index contributed by atoms with van der Waals surface area (Å²) in [5.41, 5.74) is -0.489. The van der Waals surface area contributed by atoms with Gasteiger partial charge in [-0.1, -0.05) is 13.3 Å². The summed E-state index contributed by atoms with van der Waals surface area (Å²) in [6.07, 6.45) is 2.12. The minimum atomic E-state index is -0.770. The van der Waals surface area contributed by atoms with Crippen molar-refractivity contribution in [2.24, 2.45) is 5.92 Å². The van der Waals surface area contributed by atoms with E-state index in [1.165, 1.54) is 0 Å². The molecule has 0 aliphatic carbocycles. The third-order valence-electron chi connectivity index (χ3n) is 2.56. The van der Waals surface area contributed by atoms with Crippen LogP contribution >= 0.6 is 0 Å². The third kappa shape index (κ3) is 9.93. The fraction of sp³-hybridized carbons (Fsp3) is 0.846. The lowest BCUT2D eigenvalue weighted by Gasteiger charge is -2.20. The predicted molar refractivity (Wildman–Crippen MR) is 69.5 cm³/mol. The maximum atomic E-state index is 11.4. The lowest BCUT2D eigenvalue weighted by molar-refractivity contribution is -0.137. The van der Waals surface area contributed by atoms with E-state index in [9.17, 15) is 9.59 Å². The Bertz CT molecular complexity index is 271. The van der Waals surface area contributed by atoms with Crippen LogP contribution in [0.4, 0.5) is 4.79 Å². The van der Waals surface area contributed by atoms with Crippen molar-refractivity contribution in [3.8, 4) is 0 Å². The molecule has 0 heterocycles. The first-order chi connectivity index (χ1) is 8.24. The molecule has 5 heteroatoms. The average Bonchev–Trinajstić information content (AvgIpc) is 2.20. The van der Waals surface area contributed by atoms with Gasteiger partial charge >= 0.3 is 12.1 Å². The van der Waals surface area contributed by atoms with Gasteiger partial charge in [0.05, 0.1) is 0 Å². The third-order valence-corrected chi connectivity index (χ3v) is 2.56. The Labute approximate surface area is 109 Å². The molecule has 0 fully saturated rings. The van der Waals surface area contributed by atoms with E-state index in [0.717, 1.165) is 12.8 Å². The van der Waals surface area contributed by atoms with Crippen molar-refractivity contribution in [1.82, 2.24) is 5.32 Å². The molecule has 0 aromatic rings. The highest BCUT2D eigenvalue weighted by molar-refractivity contribution is 5.67. The van der Waals surface area contributed by atoms with Crippen LogP contribution in [0.25, 0.3) is 0 Å². The van der Waals surface area contributed by atoms with Crippen molar-refractivity contribution >= 4 is 12.1 Å². The molecule has 0 aromatic carbocycles. The predicted octanol–water partition coefficient (Wildman–Crippen LogP) is 2.79. The van der Waals surface area contributed by atoms with E-state index in [1.54, 1.807) is 0 Å². The van der Waals surface area contributed by atoms with Crippen molar-refractivity contribution in [3.63, 3.8) is 0 Å². The van der Waals surface area contributed by atoms with Crippen LogP contribution in [0.5, 0.6) is 0 Å². The number of carboxylic acids is 1. The fourth-order valence-corrected chi connectivity index (χ4v) is 1.57. The van der Waals surface area contributed by atoms with Crippen LogP contribution in [-0.4, -0.2) is 29.3 Å². The second-order valence-electron chi connectivity index (χ2n) is 5.42. The van der Waals surface area contributed by atoms with Gasteiger partial charge < -0.3 is 15.2 Å². The van der Waals surface area contributed by atoms with Gasteiger partial charge in [0.25, 0.3) is 0 Å². The summed E-state index contributed by atoms with van der Waals surface area (Å²) >= 11 is 0. The second-order valence-corrected chi connectivity index (χ2v) is 5.42. The van der Waals surface area contributed by atoms with E-state index in [1.807, 2.05) is 27.7 Å². The maximum Gasteiger partial charge on any atom is 0.407 e. The van der Waals surface area contributed by atoms with Gasteiger partial charge in [0, 0.05) is 13.0 Å². The first-order valence-corrected chi connectivity index (χ1v) is 6.43. The first kappa shape index (κ1) is 16.7. The molecule has 0 bridgehead atoms. The van der Waals surface area contributed by atoms with Gasteiger partial charge in [-0.2, -0.15) is 0 Å². The van der Waals surface area contributed by atoms with E-state index in [0.29, 0.717) is 18.9 Å². The zero-order valence-corrected chi connectivity index (χ0v) is 11.8. The molecule has 1 unspecified atom stereocenters. The molecular formula is C13H25NO4. The van der Waals surface area contributed by atoms with Crippen molar-refractivity contribution in [2.45, 2.75) is 59.0 Å². The van der Waals surface area contributed by atoms with Crippen molar-refractivity contribution in [1.29, 1.82) is 0 Å². The second kappa shape index (κ2) is 7.95. The van der Waals surface area contributed by atoms with E-state index in [4.69, 9.17) is 9.84 Å². The number of aliphatic carboxylic acids is 1. The lowest BCUT2D eigenvalue weighted by Crippen LogP contribution is -2.33. The van der Waals surface area contributed by atoms with E-state index >= 15 is 0 Å². The molecular weight excluding hydrogens is 234 g/mol. The SMILES string of the molecule is CCC(CCNC(=O)OC(C)(C)C)CCC(=O)O. The molecule has 18 heavy (non-hydrogen) atoms. The molecule has 0 aliphatic heterocycles. The smallest absolute Gasteiger partial charge is 0.407 e.